The SMILES string of the molecule is CCCn1nc(CNCc2cccnc2)c(-c2ccccc2)n1. The molecule has 3 aromatic rings. The number of aromatic nitrogens is 4. The second-order valence-corrected chi connectivity index (χ2v) is 5.42. The summed E-state index contributed by atoms with van der Waals surface area (Å²) in [4.78, 5) is 5.93. The van der Waals surface area contributed by atoms with Gasteiger partial charge in [0.1, 0.15) is 11.4 Å². The van der Waals surface area contributed by atoms with Gasteiger partial charge in [0.15, 0.2) is 0 Å². The van der Waals surface area contributed by atoms with Crippen LogP contribution in [0.5, 0.6) is 0 Å². The van der Waals surface area contributed by atoms with Crippen LogP contribution in [-0.2, 0) is 19.6 Å². The molecule has 1 aromatic carbocycles. The van der Waals surface area contributed by atoms with E-state index in [2.05, 4.69) is 45.6 Å². The quantitative estimate of drug-likeness (QED) is 0.729. The molecule has 5 nitrogen and oxygen atoms in total. The molecule has 0 aliphatic carbocycles. The third-order valence-corrected chi connectivity index (χ3v) is 3.54. The molecule has 0 unspecified atom stereocenters. The topological polar surface area (TPSA) is 55.6 Å². The third kappa shape index (κ3) is 4.02. The molecule has 0 amide bonds. The second kappa shape index (κ2) is 7.65. The summed E-state index contributed by atoms with van der Waals surface area (Å²) in [5.41, 5.74) is 4.20. The predicted molar refractivity (Wildman–Crippen MR) is 90.5 cm³/mol. The van der Waals surface area contributed by atoms with Crippen LogP contribution in [-0.4, -0.2) is 20.0 Å². The van der Waals surface area contributed by atoms with Gasteiger partial charge in [0, 0.05) is 31.0 Å². The summed E-state index contributed by atoms with van der Waals surface area (Å²) in [5.74, 6) is 0. The zero-order chi connectivity index (χ0) is 15.9. The Kier molecular flexibility index (Phi) is 5.11. The van der Waals surface area contributed by atoms with Crippen molar-refractivity contribution in [1.82, 2.24) is 25.3 Å². The lowest BCUT2D eigenvalue weighted by atomic mass is 10.1. The van der Waals surface area contributed by atoms with Crippen molar-refractivity contribution < 1.29 is 0 Å². The first-order chi connectivity index (χ1) is 11.4. The molecule has 0 saturated carbocycles. The molecule has 2 heterocycles. The number of benzene rings is 1. The molecule has 0 atom stereocenters. The molecule has 0 bridgehead atoms. The maximum absolute atomic E-state index is 4.65. The summed E-state index contributed by atoms with van der Waals surface area (Å²) in [6.07, 6.45) is 4.68. The Morgan fingerprint density at radius 3 is 2.61 bits per heavy atom. The highest BCUT2D eigenvalue weighted by molar-refractivity contribution is 5.60. The zero-order valence-corrected chi connectivity index (χ0v) is 13.3. The summed E-state index contributed by atoms with van der Waals surface area (Å²) < 4.78 is 0. The van der Waals surface area contributed by atoms with Crippen molar-refractivity contribution in [1.29, 1.82) is 0 Å². The Morgan fingerprint density at radius 1 is 1.00 bits per heavy atom. The molecule has 3 rings (SSSR count). The number of rotatable bonds is 7. The summed E-state index contributed by atoms with van der Waals surface area (Å²) >= 11 is 0. The van der Waals surface area contributed by atoms with Crippen molar-refractivity contribution in [3.63, 3.8) is 0 Å². The van der Waals surface area contributed by atoms with E-state index in [1.165, 1.54) is 0 Å². The Labute approximate surface area is 136 Å². The van der Waals surface area contributed by atoms with Gasteiger partial charge >= 0.3 is 0 Å². The Hall–Kier alpha value is -2.53. The van der Waals surface area contributed by atoms with Gasteiger partial charge in [-0.3, -0.25) is 4.98 Å². The van der Waals surface area contributed by atoms with Gasteiger partial charge in [-0.15, -0.1) is 0 Å². The first-order valence-corrected chi connectivity index (χ1v) is 7.96. The number of hydrogen-bond donors (Lipinski definition) is 1. The van der Waals surface area contributed by atoms with E-state index in [4.69, 9.17) is 0 Å². The van der Waals surface area contributed by atoms with Gasteiger partial charge in [-0.25, -0.2) is 0 Å². The molecule has 0 aliphatic heterocycles. The highest BCUT2D eigenvalue weighted by Crippen LogP contribution is 2.20. The molecule has 23 heavy (non-hydrogen) atoms. The molecule has 0 radical (unpaired) electrons. The monoisotopic (exact) mass is 307 g/mol. The molecule has 5 heteroatoms. The normalized spacial score (nSPS) is 10.8. The van der Waals surface area contributed by atoms with Crippen LogP contribution >= 0.6 is 0 Å². The van der Waals surface area contributed by atoms with Crippen molar-refractivity contribution in [2.75, 3.05) is 0 Å². The lowest BCUT2D eigenvalue weighted by Crippen LogP contribution is -2.14. The summed E-state index contributed by atoms with van der Waals surface area (Å²) in [6.45, 7) is 4.42. The van der Waals surface area contributed by atoms with Crippen molar-refractivity contribution in [2.45, 2.75) is 33.0 Å². The van der Waals surface area contributed by atoms with Crippen LogP contribution in [0.1, 0.15) is 24.6 Å². The van der Waals surface area contributed by atoms with Gasteiger partial charge in [0.25, 0.3) is 0 Å². The third-order valence-electron chi connectivity index (χ3n) is 3.54. The zero-order valence-electron chi connectivity index (χ0n) is 13.3. The van der Waals surface area contributed by atoms with Crippen LogP contribution in [0.4, 0.5) is 0 Å². The van der Waals surface area contributed by atoms with Crippen LogP contribution < -0.4 is 5.32 Å². The Balaban J connectivity index is 1.74. The van der Waals surface area contributed by atoms with E-state index in [-0.39, 0.29) is 0 Å². The van der Waals surface area contributed by atoms with E-state index >= 15 is 0 Å². The summed E-state index contributed by atoms with van der Waals surface area (Å²) in [7, 11) is 0. The minimum atomic E-state index is 0.683. The smallest absolute Gasteiger partial charge is 0.117 e. The lowest BCUT2D eigenvalue weighted by Gasteiger charge is -2.04. The average molecular weight is 307 g/mol. The average Bonchev–Trinajstić information content (AvgIpc) is 3.00. The molecule has 0 fully saturated rings. The summed E-state index contributed by atoms with van der Waals surface area (Å²) in [5, 5.41) is 12.7. The van der Waals surface area contributed by atoms with Crippen molar-refractivity contribution in [3.8, 4) is 11.3 Å². The number of pyridine rings is 1. The van der Waals surface area contributed by atoms with Crippen LogP contribution in [0, 0.1) is 0 Å². The summed E-state index contributed by atoms with van der Waals surface area (Å²) in [6, 6.07) is 14.2. The van der Waals surface area contributed by atoms with Gasteiger partial charge < -0.3 is 5.32 Å². The molecular formula is C18H21N5. The second-order valence-electron chi connectivity index (χ2n) is 5.42. The largest absolute Gasteiger partial charge is 0.307 e. The van der Waals surface area contributed by atoms with E-state index < -0.39 is 0 Å². The molecule has 0 spiro atoms. The van der Waals surface area contributed by atoms with E-state index in [0.717, 1.165) is 42.0 Å². The van der Waals surface area contributed by atoms with Crippen molar-refractivity contribution in [2.24, 2.45) is 0 Å². The minimum absolute atomic E-state index is 0.683. The Morgan fingerprint density at radius 2 is 1.87 bits per heavy atom. The molecule has 118 valence electrons. The number of nitrogens with one attached hydrogen (secondary N) is 1. The first kappa shape index (κ1) is 15.4. The van der Waals surface area contributed by atoms with E-state index in [1.54, 1.807) is 11.0 Å². The van der Waals surface area contributed by atoms with Crippen LogP contribution in [0.3, 0.4) is 0 Å². The van der Waals surface area contributed by atoms with Gasteiger partial charge in [-0.1, -0.05) is 43.3 Å². The van der Waals surface area contributed by atoms with E-state index in [1.807, 2.05) is 30.5 Å². The van der Waals surface area contributed by atoms with E-state index in [9.17, 15) is 0 Å². The maximum atomic E-state index is 4.65. The molecule has 0 aliphatic rings. The number of hydrogen-bond acceptors (Lipinski definition) is 4. The minimum Gasteiger partial charge on any atom is -0.307 e. The standard InChI is InChI=1S/C18H21N5/c1-2-11-23-21-17(14-20-13-15-7-6-10-19-12-15)18(22-23)16-8-4-3-5-9-16/h3-10,12,20H,2,11,13-14H2,1H3. The molecule has 0 saturated heterocycles. The lowest BCUT2D eigenvalue weighted by molar-refractivity contribution is 0.521. The fourth-order valence-electron chi connectivity index (χ4n) is 2.45. The molecular weight excluding hydrogens is 286 g/mol. The first-order valence-electron chi connectivity index (χ1n) is 7.96. The Bertz CT molecular complexity index is 722. The van der Waals surface area contributed by atoms with Crippen molar-refractivity contribution in [3.05, 3.63) is 66.1 Å². The van der Waals surface area contributed by atoms with Gasteiger partial charge in [-0.05, 0) is 18.1 Å². The van der Waals surface area contributed by atoms with Crippen molar-refractivity contribution >= 4 is 0 Å². The van der Waals surface area contributed by atoms with Gasteiger partial charge in [-0.2, -0.15) is 15.0 Å². The van der Waals surface area contributed by atoms with Crippen LogP contribution in [0.15, 0.2) is 54.9 Å². The fraction of sp³-hybridized carbons (Fsp3) is 0.278. The van der Waals surface area contributed by atoms with Crippen LogP contribution in [0.25, 0.3) is 11.3 Å². The van der Waals surface area contributed by atoms with Gasteiger partial charge in [0.05, 0.1) is 6.54 Å². The van der Waals surface area contributed by atoms with Gasteiger partial charge in [0.2, 0.25) is 0 Å². The van der Waals surface area contributed by atoms with Crippen LogP contribution in [0.2, 0.25) is 0 Å². The molecule has 2 aromatic heterocycles. The predicted octanol–water partition coefficient (Wildman–Crippen LogP) is 3.04. The highest BCUT2D eigenvalue weighted by Gasteiger charge is 2.12. The highest BCUT2D eigenvalue weighted by atomic mass is 15.5. The van der Waals surface area contributed by atoms with E-state index in [0.29, 0.717) is 6.54 Å². The number of nitrogens with zero attached hydrogens (tertiary/aromatic N) is 4. The molecule has 1 N–H and O–H groups in total. The fourth-order valence-corrected chi connectivity index (χ4v) is 2.45. The maximum Gasteiger partial charge on any atom is 0.117 e. The number of aryl methyl sites for hydroxylation is 1.